The Balaban J connectivity index is -0.00000232. The third-order valence-corrected chi connectivity index (χ3v) is 13.2. The molecule has 0 heterocycles. The van der Waals surface area contributed by atoms with Crippen molar-refractivity contribution in [2.24, 2.45) is 0 Å². The Morgan fingerprint density at radius 1 is 0.284 bits per heavy atom. The van der Waals surface area contributed by atoms with Crippen molar-refractivity contribution in [1.29, 1.82) is 0 Å². The molecule has 0 fully saturated rings. The summed E-state index contributed by atoms with van der Waals surface area (Å²) in [5.74, 6) is 0. The number of carbonyl (C=O) groups is 2. The summed E-state index contributed by atoms with van der Waals surface area (Å²) in [6.45, 7) is 22.6. The Kier molecular flexibility index (Phi) is 72.2. The number of rotatable bonds is 56. The van der Waals surface area contributed by atoms with Crippen LogP contribution >= 0.6 is 0 Å². The maximum absolute atomic E-state index is 9.76. The molecular formula is C59H122N2O6. The summed E-state index contributed by atoms with van der Waals surface area (Å²) in [7, 11) is 0. The molecule has 0 radical (unpaired) electrons. The lowest BCUT2D eigenvalue weighted by Crippen LogP contribution is -2.31. The van der Waals surface area contributed by atoms with E-state index in [1.54, 1.807) is 0 Å². The smallest absolute Gasteiger partial charge is 0.293 e. The summed E-state index contributed by atoms with van der Waals surface area (Å²) in [6.07, 6.45) is 56.7. The van der Waals surface area contributed by atoms with Crippen molar-refractivity contribution in [3.05, 3.63) is 0 Å². The minimum Gasteiger partial charge on any atom is -0.483 e. The van der Waals surface area contributed by atoms with Gasteiger partial charge in [0.15, 0.2) is 0 Å². The maximum atomic E-state index is 9.76. The van der Waals surface area contributed by atoms with Gasteiger partial charge in [0.2, 0.25) is 0 Å². The van der Waals surface area contributed by atoms with Gasteiger partial charge in [0.25, 0.3) is 12.9 Å². The molecule has 0 aliphatic carbocycles. The predicted molar refractivity (Wildman–Crippen MR) is 293 cm³/mol. The van der Waals surface area contributed by atoms with Crippen molar-refractivity contribution in [2.75, 3.05) is 72.3 Å². The molecule has 0 bridgehead atoms. The van der Waals surface area contributed by atoms with Crippen LogP contribution in [-0.4, -0.2) is 100 Å². The standard InChI is InChI=1S/C48H100N2O2.C10H20O2.CH2O2/c1-5-9-13-17-21-22-23-24-25-26-27-30-34-38-42-49(39-35-31-20-16-12-8-4)43-45-51-47-48-52-46-44-50(40-36-32-28-18-14-10-6-2)41-37-33-29-19-15-11-7-3;1-2-3-4-5-6-7-8-9-12-10-11;2-1-3/h5-48H2,1-4H3;10H,2-9H2,1H3;1H,(H,2,3). The zero-order valence-electron chi connectivity index (χ0n) is 46.3. The Bertz CT molecular complexity index is 833. The summed E-state index contributed by atoms with van der Waals surface area (Å²) in [6, 6.07) is 0. The lowest BCUT2D eigenvalue weighted by molar-refractivity contribution is -0.128. The van der Waals surface area contributed by atoms with Crippen LogP contribution in [0, 0.1) is 0 Å². The highest BCUT2D eigenvalue weighted by Gasteiger charge is 2.08. The number of carbonyl (C=O) groups excluding carboxylic acids is 1. The number of unbranched alkanes of at least 4 members (excludes halogenated alkanes) is 36. The topological polar surface area (TPSA) is 88.5 Å². The van der Waals surface area contributed by atoms with Gasteiger partial charge in [-0.25, -0.2) is 0 Å². The van der Waals surface area contributed by atoms with Crippen molar-refractivity contribution < 1.29 is 28.9 Å². The molecule has 0 amide bonds. The van der Waals surface area contributed by atoms with Crippen LogP contribution in [0.5, 0.6) is 0 Å². The molecule has 0 rings (SSSR count). The summed E-state index contributed by atoms with van der Waals surface area (Å²) in [5.41, 5.74) is 0. The lowest BCUT2D eigenvalue weighted by atomic mass is 10.0. The van der Waals surface area contributed by atoms with E-state index in [9.17, 15) is 4.79 Å². The average molecular weight is 956 g/mol. The molecule has 8 heteroatoms. The normalized spacial score (nSPS) is 11.1. The fourth-order valence-electron chi connectivity index (χ4n) is 8.80. The summed E-state index contributed by atoms with van der Waals surface area (Å²) in [5, 5.41) is 6.89. The summed E-state index contributed by atoms with van der Waals surface area (Å²) in [4.78, 5) is 23.5. The molecule has 0 aliphatic heterocycles. The molecular weight excluding hydrogens is 833 g/mol. The van der Waals surface area contributed by atoms with Crippen molar-refractivity contribution in [2.45, 2.75) is 298 Å². The number of nitrogens with zero attached hydrogens (tertiary/aromatic N) is 2. The van der Waals surface area contributed by atoms with Gasteiger partial charge in [0.05, 0.1) is 33.0 Å². The molecule has 8 nitrogen and oxygen atoms in total. The van der Waals surface area contributed by atoms with E-state index in [2.05, 4.69) is 49.2 Å². The molecule has 67 heavy (non-hydrogen) atoms. The second-order valence-corrected chi connectivity index (χ2v) is 19.7. The quantitative estimate of drug-likeness (QED) is 0.0476. The van der Waals surface area contributed by atoms with Crippen LogP contribution < -0.4 is 0 Å². The molecule has 0 spiro atoms. The first kappa shape index (κ1) is 70.0. The Morgan fingerprint density at radius 2 is 0.493 bits per heavy atom. The number of carboxylic acid groups (broad SMARTS) is 1. The zero-order chi connectivity index (χ0) is 49.5. The molecule has 0 unspecified atom stereocenters. The first-order valence-electron chi connectivity index (χ1n) is 29.8. The molecule has 0 aliphatic rings. The number of ether oxygens (including phenoxy) is 3. The van der Waals surface area contributed by atoms with Gasteiger partial charge in [0, 0.05) is 13.1 Å². The van der Waals surface area contributed by atoms with Crippen molar-refractivity contribution in [1.82, 2.24) is 9.80 Å². The fraction of sp³-hybridized carbons (Fsp3) is 0.966. The van der Waals surface area contributed by atoms with Gasteiger partial charge in [-0.15, -0.1) is 0 Å². The summed E-state index contributed by atoms with van der Waals surface area (Å²) < 4.78 is 16.8. The van der Waals surface area contributed by atoms with E-state index in [1.165, 1.54) is 283 Å². The first-order valence-corrected chi connectivity index (χ1v) is 29.8. The zero-order valence-corrected chi connectivity index (χ0v) is 46.3. The third kappa shape index (κ3) is 69.1. The third-order valence-electron chi connectivity index (χ3n) is 13.2. The van der Waals surface area contributed by atoms with E-state index in [-0.39, 0.29) is 6.47 Å². The highest BCUT2D eigenvalue weighted by molar-refractivity contribution is 5.36. The van der Waals surface area contributed by atoms with Gasteiger partial charge >= 0.3 is 0 Å². The maximum Gasteiger partial charge on any atom is 0.293 e. The molecule has 0 aromatic rings. The van der Waals surface area contributed by atoms with Crippen molar-refractivity contribution in [3.8, 4) is 0 Å². The van der Waals surface area contributed by atoms with Gasteiger partial charge in [-0.05, 0) is 58.3 Å². The van der Waals surface area contributed by atoms with E-state index >= 15 is 0 Å². The van der Waals surface area contributed by atoms with Crippen molar-refractivity contribution in [3.63, 3.8) is 0 Å². The minimum absolute atomic E-state index is 0.250. The van der Waals surface area contributed by atoms with Gasteiger partial charge in [-0.2, -0.15) is 0 Å². The van der Waals surface area contributed by atoms with Crippen LogP contribution in [0.3, 0.4) is 0 Å². The van der Waals surface area contributed by atoms with Crippen molar-refractivity contribution >= 4 is 12.9 Å². The van der Waals surface area contributed by atoms with Crippen LogP contribution in [0.25, 0.3) is 0 Å². The van der Waals surface area contributed by atoms with Gasteiger partial charge in [-0.3, -0.25) is 9.59 Å². The first-order chi connectivity index (χ1) is 33.1. The SMILES string of the molecule is CCCCCCCCCCCCCCCCN(CCCCCCCC)CCOCCOCCN(CCCCCCCCC)CCCCCCCCC.CCCCCCCCCOC=O.O=CO. The molecule has 0 aromatic heterocycles. The predicted octanol–water partition coefficient (Wildman–Crippen LogP) is 17.6. The minimum atomic E-state index is -0.250. The molecule has 404 valence electrons. The van der Waals surface area contributed by atoms with Gasteiger partial charge in [-0.1, -0.05) is 266 Å². The van der Waals surface area contributed by atoms with Crippen LogP contribution in [0.2, 0.25) is 0 Å². The number of hydrogen-bond donors (Lipinski definition) is 1. The second kappa shape index (κ2) is 69.0. The lowest BCUT2D eigenvalue weighted by Gasteiger charge is -2.23. The van der Waals surface area contributed by atoms with Crippen LogP contribution in [0.15, 0.2) is 0 Å². The highest BCUT2D eigenvalue weighted by atomic mass is 16.5. The monoisotopic (exact) mass is 955 g/mol. The molecule has 0 aromatic carbocycles. The number of hydrogen-bond acceptors (Lipinski definition) is 7. The fourth-order valence-corrected chi connectivity index (χ4v) is 8.80. The van der Waals surface area contributed by atoms with E-state index in [0.29, 0.717) is 13.1 Å². The van der Waals surface area contributed by atoms with Gasteiger partial charge in [0.1, 0.15) is 0 Å². The highest BCUT2D eigenvalue weighted by Crippen LogP contribution is 2.15. The largest absolute Gasteiger partial charge is 0.483 e. The Hall–Kier alpha value is -1.22. The average Bonchev–Trinajstić information content (AvgIpc) is 3.33. The molecule has 0 atom stereocenters. The Morgan fingerprint density at radius 3 is 0.716 bits per heavy atom. The van der Waals surface area contributed by atoms with Crippen LogP contribution in [0.4, 0.5) is 0 Å². The molecule has 0 saturated carbocycles. The van der Waals surface area contributed by atoms with E-state index < -0.39 is 0 Å². The van der Waals surface area contributed by atoms with E-state index in [4.69, 9.17) is 19.4 Å². The second-order valence-electron chi connectivity index (χ2n) is 19.7. The molecule has 1 N–H and O–H groups in total. The summed E-state index contributed by atoms with van der Waals surface area (Å²) >= 11 is 0. The van der Waals surface area contributed by atoms with Crippen LogP contribution in [-0.2, 0) is 23.8 Å². The van der Waals surface area contributed by atoms with E-state index in [0.717, 1.165) is 45.9 Å². The van der Waals surface area contributed by atoms with Gasteiger partial charge < -0.3 is 29.1 Å². The molecule has 0 saturated heterocycles. The van der Waals surface area contributed by atoms with E-state index in [1.807, 2.05) is 0 Å². The van der Waals surface area contributed by atoms with Crippen LogP contribution in [0.1, 0.15) is 298 Å². The Labute approximate surface area is 420 Å².